The molecular weight excluding hydrogens is 208 g/mol. The van der Waals surface area contributed by atoms with Crippen LogP contribution >= 0.6 is 0 Å². The number of H-pyrrole nitrogens is 1. The van der Waals surface area contributed by atoms with Crippen LogP contribution in [0.25, 0.3) is 11.6 Å². The van der Waals surface area contributed by atoms with Crippen molar-refractivity contribution in [3.63, 3.8) is 0 Å². The molecule has 0 aliphatic rings. The number of hydrogen-bond donors (Lipinski definition) is 2. The van der Waals surface area contributed by atoms with E-state index in [1.54, 1.807) is 26.0 Å². The van der Waals surface area contributed by atoms with Crippen molar-refractivity contribution in [2.24, 2.45) is 0 Å². The van der Waals surface area contributed by atoms with Gasteiger partial charge in [0, 0.05) is 0 Å². The largest absolute Gasteiger partial charge is 0.493 e. The molecule has 0 aromatic carbocycles. The van der Waals surface area contributed by atoms with Crippen molar-refractivity contribution >= 4 is 0 Å². The molecule has 2 N–H and O–H groups in total. The monoisotopic (exact) mass is 220 g/mol. The number of nitrogens with zero attached hydrogens (tertiary/aromatic N) is 1. The van der Waals surface area contributed by atoms with E-state index in [2.05, 4.69) is 9.97 Å². The number of aromatic nitrogens is 2. The van der Waals surface area contributed by atoms with E-state index < -0.39 is 0 Å². The zero-order valence-corrected chi connectivity index (χ0v) is 9.07. The molecular formula is C11H12N2O3. The molecule has 0 amide bonds. The molecule has 16 heavy (non-hydrogen) atoms. The van der Waals surface area contributed by atoms with Crippen LogP contribution in [0.5, 0.6) is 5.88 Å². The van der Waals surface area contributed by atoms with E-state index in [9.17, 15) is 9.90 Å². The van der Waals surface area contributed by atoms with E-state index >= 15 is 0 Å². The smallest absolute Gasteiger partial charge is 0.258 e. The first-order valence-electron chi connectivity index (χ1n) is 5.00. The van der Waals surface area contributed by atoms with E-state index in [0.717, 1.165) is 5.76 Å². The third-order valence-electron chi connectivity index (χ3n) is 2.32. The lowest BCUT2D eigenvalue weighted by atomic mass is 10.2. The van der Waals surface area contributed by atoms with Crippen LogP contribution in [0.4, 0.5) is 0 Å². The lowest BCUT2D eigenvalue weighted by Gasteiger charge is -2.01. The molecule has 5 nitrogen and oxygen atoms in total. The van der Waals surface area contributed by atoms with Crippen LogP contribution in [0.3, 0.4) is 0 Å². The number of furan rings is 1. The molecule has 2 aromatic heterocycles. The molecule has 0 bridgehead atoms. The lowest BCUT2D eigenvalue weighted by Crippen LogP contribution is -2.14. The SMILES string of the molecule is CCc1c(O)nc(-c2ccc(C)o2)[nH]c1=O. The van der Waals surface area contributed by atoms with Crippen molar-refractivity contribution in [1.29, 1.82) is 0 Å². The van der Waals surface area contributed by atoms with Crippen LogP contribution in [0, 0.1) is 6.92 Å². The van der Waals surface area contributed by atoms with Crippen molar-refractivity contribution in [2.45, 2.75) is 20.3 Å². The Bertz CT molecular complexity index is 569. The molecule has 0 saturated heterocycles. The van der Waals surface area contributed by atoms with Crippen LogP contribution in [0.2, 0.25) is 0 Å². The van der Waals surface area contributed by atoms with Gasteiger partial charge in [-0.05, 0) is 25.5 Å². The van der Waals surface area contributed by atoms with Gasteiger partial charge in [-0.1, -0.05) is 6.92 Å². The molecule has 0 atom stereocenters. The van der Waals surface area contributed by atoms with Crippen LogP contribution in [-0.4, -0.2) is 15.1 Å². The summed E-state index contributed by atoms with van der Waals surface area (Å²) in [7, 11) is 0. The molecule has 0 unspecified atom stereocenters. The van der Waals surface area contributed by atoms with Gasteiger partial charge in [0.1, 0.15) is 5.76 Å². The average Bonchev–Trinajstić information content (AvgIpc) is 2.64. The zero-order valence-electron chi connectivity index (χ0n) is 9.07. The van der Waals surface area contributed by atoms with Gasteiger partial charge < -0.3 is 14.5 Å². The first-order valence-corrected chi connectivity index (χ1v) is 5.00. The maximum Gasteiger partial charge on any atom is 0.258 e. The normalized spacial score (nSPS) is 10.6. The average molecular weight is 220 g/mol. The molecule has 0 spiro atoms. The highest BCUT2D eigenvalue weighted by Gasteiger charge is 2.11. The minimum Gasteiger partial charge on any atom is -0.493 e. The van der Waals surface area contributed by atoms with Gasteiger partial charge in [-0.3, -0.25) is 4.79 Å². The van der Waals surface area contributed by atoms with Crippen LogP contribution < -0.4 is 5.56 Å². The van der Waals surface area contributed by atoms with Crippen molar-refractivity contribution in [2.75, 3.05) is 0 Å². The van der Waals surface area contributed by atoms with E-state index in [1.807, 2.05) is 0 Å². The quantitative estimate of drug-likeness (QED) is 0.805. The summed E-state index contributed by atoms with van der Waals surface area (Å²) < 4.78 is 5.31. The Labute approximate surface area is 91.8 Å². The minimum absolute atomic E-state index is 0.240. The molecule has 2 heterocycles. The molecule has 0 aliphatic carbocycles. The van der Waals surface area contributed by atoms with Crippen molar-refractivity contribution < 1.29 is 9.52 Å². The standard InChI is InChI=1S/C11H12N2O3/c1-3-7-10(14)12-9(13-11(7)15)8-5-4-6(2)16-8/h4-5H,3H2,1-2H3,(H2,12,13,14,15). The maximum atomic E-state index is 11.6. The second-order valence-corrected chi connectivity index (χ2v) is 3.48. The summed E-state index contributed by atoms with van der Waals surface area (Å²) in [6.07, 6.45) is 0.436. The Balaban J connectivity index is 2.56. The fourth-order valence-corrected chi connectivity index (χ4v) is 1.48. The van der Waals surface area contributed by atoms with E-state index in [0.29, 0.717) is 12.2 Å². The Hall–Kier alpha value is -2.04. The fourth-order valence-electron chi connectivity index (χ4n) is 1.48. The summed E-state index contributed by atoms with van der Waals surface area (Å²) >= 11 is 0. The molecule has 5 heteroatoms. The Kier molecular flexibility index (Phi) is 2.52. The fraction of sp³-hybridized carbons (Fsp3) is 0.273. The summed E-state index contributed by atoms with van der Waals surface area (Å²) in [5.74, 6) is 1.16. The van der Waals surface area contributed by atoms with Crippen molar-refractivity contribution in [3.8, 4) is 17.5 Å². The van der Waals surface area contributed by atoms with Gasteiger partial charge >= 0.3 is 0 Å². The highest BCUT2D eigenvalue weighted by molar-refractivity contribution is 5.48. The highest BCUT2D eigenvalue weighted by Crippen LogP contribution is 2.19. The minimum atomic E-state index is -0.334. The second kappa shape index (κ2) is 3.84. The Morgan fingerprint density at radius 1 is 1.50 bits per heavy atom. The number of aromatic amines is 1. The molecule has 0 saturated carbocycles. The molecule has 0 fully saturated rings. The summed E-state index contributed by atoms with van der Waals surface area (Å²) in [4.78, 5) is 18.0. The van der Waals surface area contributed by atoms with Gasteiger partial charge in [-0.25, -0.2) is 0 Å². The van der Waals surface area contributed by atoms with Crippen molar-refractivity contribution in [1.82, 2.24) is 9.97 Å². The van der Waals surface area contributed by atoms with Crippen molar-refractivity contribution in [3.05, 3.63) is 33.8 Å². The number of hydrogen-bond acceptors (Lipinski definition) is 4. The summed E-state index contributed by atoms with van der Waals surface area (Å²) in [5.41, 5.74) is -0.0499. The Morgan fingerprint density at radius 2 is 2.25 bits per heavy atom. The van der Waals surface area contributed by atoms with Crippen LogP contribution in [-0.2, 0) is 6.42 Å². The van der Waals surface area contributed by atoms with Gasteiger partial charge in [0.15, 0.2) is 11.6 Å². The molecule has 0 radical (unpaired) electrons. The lowest BCUT2D eigenvalue weighted by molar-refractivity contribution is 0.442. The third kappa shape index (κ3) is 1.71. The number of aromatic hydroxyl groups is 1. The van der Waals surface area contributed by atoms with Gasteiger partial charge in [0.2, 0.25) is 5.88 Å². The van der Waals surface area contributed by atoms with E-state index in [1.165, 1.54) is 0 Å². The van der Waals surface area contributed by atoms with Gasteiger partial charge in [-0.2, -0.15) is 4.98 Å². The predicted octanol–water partition coefficient (Wildman–Crippen LogP) is 1.61. The number of rotatable bonds is 2. The highest BCUT2D eigenvalue weighted by atomic mass is 16.3. The maximum absolute atomic E-state index is 11.6. The topological polar surface area (TPSA) is 79.1 Å². The first-order chi connectivity index (χ1) is 7.61. The summed E-state index contributed by atoms with van der Waals surface area (Å²) in [6, 6.07) is 3.46. The van der Waals surface area contributed by atoms with Crippen LogP contribution in [0.15, 0.2) is 21.3 Å². The molecule has 2 rings (SSSR count). The Morgan fingerprint density at radius 3 is 2.75 bits per heavy atom. The van der Waals surface area contributed by atoms with Gasteiger partial charge in [0.25, 0.3) is 5.56 Å². The second-order valence-electron chi connectivity index (χ2n) is 3.48. The molecule has 2 aromatic rings. The van der Waals surface area contributed by atoms with E-state index in [4.69, 9.17) is 4.42 Å². The van der Waals surface area contributed by atoms with Gasteiger partial charge in [0.05, 0.1) is 5.56 Å². The first kappa shape index (κ1) is 10.5. The zero-order chi connectivity index (χ0) is 11.7. The van der Waals surface area contributed by atoms with E-state index in [-0.39, 0.29) is 22.8 Å². The predicted molar refractivity (Wildman–Crippen MR) is 58.3 cm³/mol. The molecule has 0 aliphatic heterocycles. The summed E-state index contributed by atoms with van der Waals surface area (Å²) in [5, 5.41) is 9.57. The van der Waals surface area contributed by atoms with Gasteiger partial charge in [-0.15, -0.1) is 0 Å². The number of aryl methyl sites for hydroxylation is 1. The number of nitrogens with one attached hydrogen (secondary N) is 1. The van der Waals surface area contributed by atoms with Crippen LogP contribution in [0.1, 0.15) is 18.2 Å². The summed E-state index contributed by atoms with van der Waals surface area (Å²) in [6.45, 7) is 3.57. The molecule has 84 valence electrons. The third-order valence-corrected chi connectivity index (χ3v) is 2.32.